The normalized spacial score (nSPS) is 21.2. The van der Waals surface area contributed by atoms with Gasteiger partial charge in [-0.15, -0.1) is 0 Å². The van der Waals surface area contributed by atoms with Gasteiger partial charge < -0.3 is 9.47 Å². The van der Waals surface area contributed by atoms with Gasteiger partial charge in [0.1, 0.15) is 0 Å². The number of thioether (sulfide) groups is 1. The Balaban J connectivity index is 1.65. The van der Waals surface area contributed by atoms with Crippen LogP contribution >= 0.6 is 11.8 Å². The van der Waals surface area contributed by atoms with Crippen LogP contribution in [0, 0.1) is 0 Å². The fourth-order valence-electron chi connectivity index (χ4n) is 0.845. The summed E-state index contributed by atoms with van der Waals surface area (Å²) in [6.45, 7) is 4.99. The van der Waals surface area contributed by atoms with Crippen molar-refractivity contribution in [3.8, 4) is 0 Å². The summed E-state index contributed by atoms with van der Waals surface area (Å²) < 4.78 is 10.5. The zero-order valence-electron chi connectivity index (χ0n) is 7.75. The van der Waals surface area contributed by atoms with E-state index in [0.29, 0.717) is 6.10 Å². The van der Waals surface area contributed by atoms with Gasteiger partial charge in [0, 0.05) is 18.1 Å². The van der Waals surface area contributed by atoms with Gasteiger partial charge in [-0.3, -0.25) is 0 Å². The molecular formula is C9H18O2S. The van der Waals surface area contributed by atoms with Crippen LogP contribution in [0.1, 0.15) is 19.8 Å². The molecule has 1 fully saturated rings. The largest absolute Gasteiger partial charge is 0.381 e. The number of hydrogen-bond donors (Lipinski definition) is 0. The van der Waals surface area contributed by atoms with Gasteiger partial charge in [-0.25, -0.2) is 0 Å². The topological polar surface area (TPSA) is 21.8 Å². The predicted octanol–water partition coefficient (Wildman–Crippen LogP) is 1.94. The quantitative estimate of drug-likeness (QED) is 0.431. The van der Waals surface area contributed by atoms with Crippen LogP contribution in [0.5, 0.6) is 0 Å². The van der Waals surface area contributed by atoms with Gasteiger partial charge in [0.15, 0.2) is 0 Å². The Bertz CT molecular complexity index is 105. The highest BCUT2D eigenvalue weighted by atomic mass is 32.2. The molecule has 0 spiro atoms. The second-order valence-corrected chi connectivity index (χ2v) is 4.15. The van der Waals surface area contributed by atoms with Crippen LogP contribution in [0.3, 0.4) is 0 Å². The van der Waals surface area contributed by atoms with Gasteiger partial charge in [-0.1, -0.05) is 13.3 Å². The third kappa shape index (κ3) is 5.86. The van der Waals surface area contributed by atoms with Crippen molar-refractivity contribution in [1.29, 1.82) is 0 Å². The SMILES string of the molecule is CCCCOCCSCC1CO1. The number of epoxide rings is 1. The van der Waals surface area contributed by atoms with Crippen LogP contribution in [0.25, 0.3) is 0 Å². The average Bonchev–Trinajstić information content (AvgIpc) is 2.87. The third-order valence-electron chi connectivity index (χ3n) is 1.72. The lowest BCUT2D eigenvalue weighted by molar-refractivity contribution is 0.147. The van der Waals surface area contributed by atoms with Crippen molar-refractivity contribution in [3.63, 3.8) is 0 Å². The molecule has 1 aliphatic heterocycles. The van der Waals surface area contributed by atoms with Crippen molar-refractivity contribution in [1.82, 2.24) is 0 Å². The molecule has 1 unspecified atom stereocenters. The lowest BCUT2D eigenvalue weighted by Gasteiger charge is -2.01. The molecule has 0 aromatic carbocycles. The van der Waals surface area contributed by atoms with Crippen LogP contribution < -0.4 is 0 Å². The number of hydrogen-bond acceptors (Lipinski definition) is 3. The summed E-state index contributed by atoms with van der Waals surface area (Å²) in [4.78, 5) is 0. The first-order chi connectivity index (χ1) is 5.93. The fraction of sp³-hybridized carbons (Fsp3) is 1.00. The highest BCUT2D eigenvalue weighted by Crippen LogP contribution is 2.15. The highest BCUT2D eigenvalue weighted by molar-refractivity contribution is 7.99. The van der Waals surface area contributed by atoms with Crippen LogP contribution in [-0.4, -0.2) is 37.4 Å². The summed E-state index contributed by atoms with van der Waals surface area (Å²) in [5.74, 6) is 2.26. The minimum Gasteiger partial charge on any atom is -0.381 e. The second kappa shape index (κ2) is 6.75. The maximum absolute atomic E-state index is 5.41. The molecule has 1 atom stereocenters. The Morgan fingerprint density at radius 3 is 3.00 bits per heavy atom. The van der Waals surface area contributed by atoms with Gasteiger partial charge in [0.25, 0.3) is 0 Å². The molecule has 0 amide bonds. The highest BCUT2D eigenvalue weighted by Gasteiger charge is 2.21. The van der Waals surface area contributed by atoms with Crippen LogP contribution in [-0.2, 0) is 9.47 Å². The molecule has 1 heterocycles. The van der Waals surface area contributed by atoms with Crippen molar-refractivity contribution in [2.24, 2.45) is 0 Å². The zero-order valence-corrected chi connectivity index (χ0v) is 8.57. The molecule has 0 aromatic heterocycles. The van der Waals surface area contributed by atoms with E-state index < -0.39 is 0 Å². The van der Waals surface area contributed by atoms with Crippen molar-refractivity contribution in [2.75, 3.05) is 31.3 Å². The molecule has 1 saturated heterocycles. The molecule has 12 heavy (non-hydrogen) atoms. The molecule has 0 N–H and O–H groups in total. The van der Waals surface area contributed by atoms with Crippen LogP contribution in [0.15, 0.2) is 0 Å². The van der Waals surface area contributed by atoms with Gasteiger partial charge in [0.2, 0.25) is 0 Å². The van der Waals surface area contributed by atoms with E-state index in [4.69, 9.17) is 9.47 Å². The summed E-state index contributed by atoms with van der Waals surface area (Å²) >= 11 is 1.93. The van der Waals surface area contributed by atoms with Gasteiger partial charge in [-0.05, 0) is 6.42 Å². The summed E-state index contributed by atoms with van der Waals surface area (Å²) in [7, 11) is 0. The predicted molar refractivity (Wildman–Crippen MR) is 52.8 cm³/mol. The van der Waals surface area contributed by atoms with Gasteiger partial charge in [0.05, 0.1) is 19.3 Å². The lowest BCUT2D eigenvalue weighted by Crippen LogP contribution is -2.00. The molecular weight excluding hydrogens is 172 g/mol. The first-order valence-electron chi connectivity index (χ1n) is 4.70. The summed E-state index contributed by atoms with van der Waals surface area (Å²) in [6, 6.07) is 0. The lowest BCUT2D eigenvalue weighted by atomic mass is 10.4. The first kappa shape index (κ1) is 10.4. The van der Waals surface area contributed by atoms with E-state index >= 15 is 0 Å². The zero-order chi connectivity index (χ0) is 8.65. The molecule has 0 radical (unpaired) electrons. The van der Waals surface area contributed by atoms with Crippen LogP contribution in [0.2, 0.25) is 0 Å². The van der Waals surface area contributed by atoms with Crippen molar-refractivity contribution in [2.45, 2.75) is 25.9 Å². The third-order valence-corrected chi connectivity index (χ3v) is 2.78. The van der Waals surface area contributed by atoms with E-state index in [2.05, 4.69) is 6.92 Å². The molecule has 3 heteroatoms. The Kier molecular flexibility index (Phi) is 5.82. The number of ether oxygens (including phenoxy) is 2. The smallest absolute Gasteiger partial charge is 0.0900 e. The molecule has 0 aromatic rings. The molecule has 0 bridgehead atoms. The van der Waals surface area contributed by atoms with E-state index in [9.17, 15) is 0 Å². The average molecular weight is 190 g/mol. The van der Waals surface area contributed by atoms with E-state index in [0.717, 1.165) is 31.3 Å². The standard InChI is InChI=1S/C9H18O2S/c1-2-3-4-10-5-6-12-8-9-7-11-9/h9H,2-8H2,1H3. The Hall–Kier alpha value is 0.270. The summed E-state index contributed by atoms with van der Waals surface area (Å²) in [5.41, 5.74) is 0. The Labute approximate surface area is 79.0 Å². The molecule has 2 nitrogen and oxygen atoms in total. The minimum absolute atomic E-state index is 0.561. The van der Waals surface area contributed by atoms with Crippen molar-refractivity contribution < 1.29 is 9.47 Å². The van der Waals surface area contributed by atoms with Crippen LogP contribution in [0.4, 0.5) is 0 Å². The van der Waals surface area contributed by atoms with E-state index in [1.807, 2.05) is 11.8 Å². The Morgan fingerprint density at radius 1 is 1.50 bits per heavy atom. The monoisotopic (exact) mass is 190 g/mol. The van der Waals surface area contributed by atoms with Gasteiger partial charge >= 0.3 is 0 Å². The number of rotatable bonds is 8. The first-order valence-corrected chi connectivity index (χ1v) is 5.86. The number of unbranched alkanes of at least 4 members (excludes halogenated alkanes) is 1. The molecule has 1 rings (SSSR count). The molecule has 1 aliphatic rings. The van der Waals surface area contributed by atoms with E-state index in [1.165, 1.54) is 12.8 Å². The molecule has 72 valence electrons. The van der Waals surface area contributed by atoms with Crippen molar-refractivity contribution >= 4 is 11.8 Å². The molecule has 0 aliphatic carbocycles. The minimum atomic E-state index is 0.561. The van der Waals surface area contributed by atoms with E-state index in [1.54, 1.807) is 0 Å². The molecule has 0 saturated carbocycles. The maximum atomic E-state index is 5.41. The Morgan fingerprint density at radius 2 is 2.33 bits per heavy atom. The second-order valence-electron chi connectivity index (χ2n) is 3.00. The fourth-order valence-corrected chi connectivity index (χ4v) is 1.70. The van der Waals surface area contributed by atoms with E-state index in [-0.39, 0.29) is 0 Å². The van der Waals surface area contributed by atoms with Crippen molar-refractivity contribution in [3.05, 3.63) is 0 Å². The summed E-state index contributed by atoms with van der Waals surface area (Å²) in [5, 5.41) is 0. The van der Waals surface area contributed by atoms with Gasteiger partial charge in [-0.2, -0.15) is 11.8 Å². The summed E-state index contributed by atoms with van der Waals surface area (Å²) in [6.07, 6.45) is 2.98. The maximum Gasteiger partial charge on any atom is 0.0900 e.